The van der Waals surface area contributed by atoms with Crippen molar-refractivity contribution in [2.45, 2.75) is 37.6 Å². The SMILES string of the molecule is CN1CCN(C2CCCCC2c2cc3ccccc3cn2)CC1. The molecule has 1 aliphatic carbocycles. The Morgan fingerprint density at radius 1 is 0.957 bits per heavy atom. The number of aromatic nitrogens is 1. The molecule has 1 aromatic heterocycles. The van der Waals surface area contributed by atoms with Crippen molar-refractivity contribution in [2.24, 2.45) is 0 Å². The number of nitrogens with zero attached hydrogens (tertiary/aromatic N) is 3. The van der Waals surface area contributed by atoms with Crippen molar-refractivity contribution < 1.29 is 0 Å². The first-order valence-electron chi connectivity index (χ1n) is 9.08. The molecule has 2 fully saturated rings. The van der Waals surface area contributed by atoms with Gasteiger partial charge in [-0.15, -0.1) is 0 Å². The molecular formula is C20H27N3. The molecular weight excluding hydrogens is 282 g/mol. The minimum absolute atomic E-state index is 0.608. The summed E-state index contributed by atoms with van der Waals surface area (Å²) >= 11 is 0. The lowest BCUT2D eigenvalue weighted by atomic mass is 9.80. The van der Waals surface area contributed by atoms with Gasteiger partial charge in [0, 0.05) is 55.4 Å². The predicted octanol–water partition coefficient (Wildman–Crippen LogP) is 3.51. The molecule has 0 radical (unpaired) electrons. The van der Waals surface area contributed by atoms with Crippen molar-refractivity contribution in [1.82, 2.24) is 14.8 Å². The maximum atomic E-state index is 4.85. The summed E-state index contributed by atoms with van der Waals surface area (Å²) in [5, 5.41) is 2.59. The molecule has 0 spiro atoms. The molecule has 0 amide bonds. The lowest BCUT2D eigenvalue weighted by Gasteiger charge is -2.43. The Balaban J connectivity index is 1.61. The van der Waals surface area contributed by atoms with E-state index in [0.29, 0.717) is 12.0 Å². The van der Waals surface area contributed by atoms with Crippen LogP contribution in [0.15, 0.2) is 36.5 Å². The molecule has 2 heterocycles. The molecule has 2 aliphatic rings. The van der Waals surface area contributed by atoms with Crippen LogP contribution in [0.2, 0.25) is 0 Å². The van der Waals surface area contributed by atoms with Gasteiger partial charge in [-0.2, -0.15) is 0 Å². The van der Waals surface area contributed by atoms with Gasteiger partial charge in [0.15, 0.2) is 0 Å². The summed E-state index contributed by atoms with van der Waals surface area (Å²) in [6.07, 6.45) is 7.43. The van der Waals surface area contributed by atoms with E-state index in [1.165, 1.54) is 68.3 Å². The number of benzene rings is 1. The second kappa shape index (κ2) is 6.58. The highest BCUT2D eigenvalue weighted by Crippen LogP contribution is 2.36. The molecule has 4 rings (SSSR count). The third-order valence-electron chi connectivity index (χ3n) is 5.77. The van der Waals surface area contributed by atoms with Crippen LogP contribution >= 0.6 is 0 Å². The Labute approximate surface area is 139 Å². The lowest BCUT2D eigenvalue weighted by Crippen LogP contribution is -2.51. The monoisotopic (exact) mass is 309 g/mol. The van der Waals surface area contributed by atoms with Gasteiger partial charge in [-0.3, -0.25) is 9.88 Å². The molecule has 2 unspecified atom stereocenters. The number of hydrogen-bond acceptors (Lipinski definition) is 3. The van der Waals surface area contributed by atoms with E-state index in [4.69, 9.17) is 4.98 Å². The van der Waals surface area contributed by atoms with Crippen molar-refractivity contribution >= 4 is 10.8 Å². The Morgan fingerprint density at radius 2 is 1.70 bits per heavy atom. The fraction of sp³-hybridized carbons (Fsp3) is 0.550. The van der Waals surface area contributed by atoms with Gasteiger partial charge >= 0.3 is 0 Å². The highest BCUT2D eigenvalue weighted by molar-refractivity contribution is 5.81. The first-order valence-corrected chi connectivity index (χ1v) is 9.08. The minimum Gasteiger partial charge on any atom is -0.304 e. The standard InChI is InChI=1S/C20H27N3/c1-22-10-12-23(13-11-22)20-9-5-4-8-18(20)19-14-16-6-2-3-7-17(16)15-21-19/h2-3,6-7,14-15,18,20H,4-5,8-13H2,1H3. The summed E-state index contributed by atoms with van der Waals surface area (Å²) in [6.45, 7) is 4.83. The van der Waals surface area contributed by atoms with E-state index in [2.05, 4.69) is 53.4 Å². The smallest absolute Gasteiger partial charge is 0.0456 e. The van der Waals surface area contributed by atoms with Crippen molar-refractivity contribution in [3.63, 3.8) is 0 Å². The topological polar surface area (TPSA) is 19.4 Å². The largest absolute Gasteiger partial charge is 0.304 e. The average Bonchev–Trinajstić information content (AvgIpc) is 2.62. The number of piperazine rings is 1. The third-order valence-corrected chi connectivity index (χ3v) is 5.77. The summed E-state index contributed by atoms with van der Waals surface area (Å²) in [5.74, 6) is 0.608. The van der Waals surface area contributed by atoms with E-state index in [-0.39, 0.29) is 0 Å². The van der Waals surface area contributed by atoms with Crippen LogP contribution in [0.1, 0.15) is 37.3 Å². The van der Waals surface area contributed by atoms with Crippen LogP contribution in [0.3, 0.4) is 0 Å². The summed E-state index contributed by atoms with van der Waals surface area (Å²) in [6, 6.07) is 11.6. The summed E-state index contributed by atoms with van der Waals surface area (Å²) in [7, 11) is 2.24. The zero-order valence-electron chi connectivity index (χ0n) is 14.1. The van der Waals surface area contributed by atoms with Crippen LogP contribution in [0, 0.1) is 0 Å². The Kier molecular flexibility index (Phi) is 4.32. The van der Waals surface area contributed by atoms with E-state index in [0.717, 1.165) is 0 Å². The second-order valence-corrected chi connectivity index (χ2v) is 7.25. The Bertz CT molecular complexity index is 661. The van der Waals surface area contributed by atoms with Crippen LogP contribution in [0.4, 0.5) is 0 Å². The number of rotatable bonds is 2. The van der Waals surface area contributed by atoms with Gasteiger partial charge in [0.2, 0.25) is 0 Å². The van der Waals surface area contributed by atoms with Crippen LogP contribution in [0.25, 0.3) is 10.8 Å². The number of fused-ring (bicyclic) bond motifs is 1. The maximum absolute atomic E-state index is 4.85. The van der Waals surface area contributed by atoms with E-state index < -0.39 is 0 Å². The van der Waals surface area contributed by atoms with Crippen LogP contribution in [-0.2, 0) is 0 Å². The number of pyridine rings is 1. The molecule has 2 aromatic rings. The molecule has 1 aromatic carbocycles. The Morgan fingerprint density at radius 3 is 2.52 bits per heavy atom. The average molecular weight is 309 g/mol. The van der Waals surface area contributed by atoms with Gasteiger partial charge < -0.3 is 4.90 Å². The molecule has 1 aliphatic heterocycles. The fourth-order valence-electron chi connectivity index (χ4n) is 4.35. The van der Waals surface area contributed by atoms with Crippen molar-refractivity contribution in [1.29, 1.82) is 0 Å². The van der Waals surface area contributed by atoms with Gasteiger partial charge in [-0.25, -0.2) is 0 Å². The predicted molar refractivity (Wildman–Crippen MR) is 95.8 cm³/mol. The quantitative estimate of drug-likeness (QED) is 0.846. The number of likely N-dealkylation sites (N-methyl/N-ethyl adjacent to an activating group) is 1. The van der Waals surface area contributed by atoms with Crippen LogP contribution in [-0.4, -0.2) is 54.1 Å². The third kappa shape index (κ3) is 3.13. The van der Waals surface area contributed by atoms with Gasteiger partial charge in [0.25, 0.3) is 0 Å². The van der Waals surface area contributed by atoms with E-state index in [9.17, 15) is 0 Å². The van der Waals surface area contributed by atoms with E-state index in [1.807, 2.05) is 0 Å². The second-order valence-electron chi connectivity index (χ2n) is 7.25. The summed E-state index contributed by atoms with van der Waals surface area (Å²) in [5.41, 5.74) is 1.31. The van der Waals surface area contributed by atoms with E-state index in [1.54, 1.807) is 0 Å². The first kappa shape index (κ1) is 15.1. The van der Waals surface area contributed by atoms with Crippen molar-refractivity contribution in [2.75, 3.05) is 33.2 Å². The minimum atomic E-state index is 0.608. The Hall–Kier alpha value is -1.45. The van der Waals surface area contributed by atoms with E-state index >= 15 is 0 Å². The molecule has 0 N–H and O–H groups in total. The molecule has 2 atom stereocenters. The van der Waals surface area contributed by atoms with Gasteiger partial charge in [0.1, 0.15) is 0 Å². The maximum Gasteiger partial charge on any atom is 0.0456 e. The van der Waals surface area contributed by atoms with Crippen molar-refractivity contribution in [3.05, 3.63) is 42.2 Å². The van der Waals surface area contributed by atoms with Crippen LogP contribution < -0.4 is 0 Å². The molecule has 1 saturated carbocycles. The highest BCUT2D eigenvalue weighted by atomic mass is 15.3. The molecule has 122 valence electrons. The summed E-state index contributed by atoms with van der Waals surface area (Å²) < 4.78 is 0. The van der Waals surface area contributed by atoms with Crippen molar-refractivity contribution in [3.8, 4) is 0 Å². The van der Waals surface area contributed by atoms with Gasteiger partial charge in [-0.05, 0) is 31.3 Å². The molecule has 0 bridgehead atoms. The lowest BCUT2D eigenvalue weighted by molar-refractivity contribution is 0.0781. The zero-order chi connectivity index (χ0) is 15.6. The number of hydrogen-bond donors (Lipinski definition) is 0. The molecule has 3 heteroatoms. The zero-order valence-corrected chi connectivity index (χ0v) is 14.1. The van der Waals surface area contributed by atoms with Gasteiger partial charge in [0.05, 0.1) is 0 Å². The molecule has 3 nitrogen and oxygen atoms in total. The highest BCUT2D eigenvalue weighted by Gasteiger charge is 2.33. The molecule has 23 heavy (non-hydrogen) atoms. The van der Waals surface area contributed by atoms with Crippen LogP contribution in [0.5, 0.6) is 0 Å². The molecule has 1 saturated heterocycles. The fourth-order valence-corrected chi connectivity index (χ4v) is 4.35. The summed E-state index contributed by atoms with van der Waals surface area (Å²) in [4.78, 5) is 10.0. The van der Waals surface area contributed by atoms with Gasteiger partial charge in [-0.1, -0.05) is 37.1 Å². The first-order chi connectivity index (χ1) is 11.3. The normalized spacial score (nSPS) is 27.3.